The van der Waals surface area contributed by atoms with Gasteiger partial charge in [0.15, 0.2) is 5.83 Å². The summed E-state index contributed by atoms with van der Waals surface area (Å²) >= 11 is 0. The number of anilines is 1. The molecule has 0 unspecified atom stereocenters. The quantitative estimate of drug-likeness (QED) is 0.234. The number of hydrogen-bond donors (Lipinski definition) is 0. The largest absolute Gasteiger partial charge is 0.490 e. The Morgan fingerprint density at radius 1 is 0.935 bits per heavy atom. The number of alkyl halides is 3. The average molecular weight is 639 g/mol. The first-order valence-corrected chi connectivity index (χ1v) is 16.8. The lowest BCUT2D eigenvalue weighted by Crippen LogP contribution is -2.50. The van der Waals surface area contributed by atoms with Gasteiger partial charge in [0.25, 0.3) is 0 Å². The minimum absolute atomic E-state index is 0.0215. The predicted molar refractivity (Wildman–Crippen MR) is 169 cm³/mol. The summed E-state index contributed by atoms with van der Waals surface area (Å²) in [6.45, 7) is 4.11. The Balaban J connectivity index is 1.25. The highest BCUT2D eigenvalue weighted by molar-refractivity contribution is 5.84. The average Bonchev–Trinajstić information content (AvgIpc) is 3.73. The van der Waals surface area contributed by atoms with Gasteiger partial charge in [-0.25, -0.2) is 9.07 Å². The van der Waals surface area contributed by atoms with Gasteiger partial charge in [-0.3, -0.25) is 0 Å². The molecule has 4 fully saturated rings. The highest BCUT2D eigenvalue weighted by Crippen LogP contribution is 2.49. The van der Waals surface area contributed by atoms with E-state index >= 15 is 17.6 Å². The highest BCUT2D eigenvalue weighted by atomic mass is 19.4. The van der Waals surface area contributed by atoms with Crippen molar-refractivity contribution in [1.82, 2.24) is 24.9 Å². The molecule has 0 amide bonds. The second-order valence-electron chi connectivity index (χ2n) is 13.8. The zero-order valence-electron chi connectivity index (χ0n) is 26.2. The Morgan fingerprint density at radius 2 is 1.74 bits per heavy atom. The lowest BCUT2D eigenvalue weighted by atomic mass is 9.72. The molecule has 4 aliphatic rings. The van der Waals surface area contributed by atoms with Gasteiger partial charge in [0, 0.05) is 31.4 Å². The second-order valence-corrected chi connectivity index (χ2v) is 13.8. The number of aromatic nitrogens is 4. The van der Waals surface area contributed by atoms with Gasteiger partial charge in [0.1, 0.15) is 17.0 Å². The van der Waals surface area contributed by atoms with Crippen LogP contribution in [0.1, 0.15) is 87.4 Å². The van der Waals surface area contributed by atoms with Crippen molar-refractivity contribution in [2.45, 2.75) is 82.9 Å². The number of likely N-dealkylation sites (tertiary alicyclic amines) is 1. The number of hydrogen-bond acceptors (Lipinski definition) is 6. The van der Waals surface area contributed by atoms with Crippen LogP contribution in [0.25, 0.3) is 17.6 Å². The zero-order valence-corrected chi connectivity index (χ0v) is 26.2. The molecular formula is C35H42F4N6O. The topological polar surface area (TPSA) is 59.3 Å². The summed E-state index contributed by atoms with van der Waals surface area (Å²) in [4.78, 5) is 4.42. The van der Waals surface area contributed by atoms with Gasteiger partial charge in [-0.15, -0.1) is 0 Å². The Labute approximate surface area is 267 Å². The molecule has 2 aliphatic carbocycles. The number of rotatable bonds is 8. The maximum Gasteiger partial charge on any atom is 0.421 e. The third kappa shape index (κ3) is 6.94. The molecule has 2 aromatic heterocycles. The van der Waals surface area contributed by atoms with Crippen LogP contribution >= 0.6 is 0 Å². The third-order valence-electron chi connectivity index (χ3n) is 10.4. The normalized spacial score (nSPS) is 21.6. The van der Waals surface area contributed by atoms with Crippen LogP contribution in [0, 0.1) is 11.3 Å². The van der Waals surface area contributed by atoms with Gasteiger partial charge in [-0.2, -0.15) is 28.5 Å². The number of piperidine rings is 2. The molecule has 4 heterocycles. The standard InChI is InChI=1S/C35H42F4N6O/c36-29(30-12-18-45(42-30)27-11-16-40-41-22-27)21-26-9-10-31(46-28-5-2-1-3-6-28)32(35(37,38)39)33(26)44-17-4-13-34(24-44)14-19-43(20-15-34)23-25-7-8-25/h9-12,16,18,21-22,25,28H,1-8,13-15,17,19-20,23-24H2/b29-21-. The van der Waals surface area contributed by atoms with Crippen LogP contribution < -0.4 is 9.64 Å². The maximum absolute atomic E-state index is 15.9. The van der Waals surface area contributed by atoms with Gasteiger partial charge in [0.2, 0.25) is 0 Å². The summed E-state index contributed by atoms with van der Waals surface area (Å²) in [6, 6.07) is 6.16. The van der Waals surface area contributed by atoms with Crippen molar-refractivity contribution in [2.75, 3.05) is 37.6 Å². The lowest BCUT2D eigenvalue weighted by Gasteiger charge is -2.49. The molecular weight excluding hydrogens is 596 g/mol. The summed E-state index contributed by atoms with van der Waals surface area (Å²) in [7, 11) is 0. The molecule has 3 aromatic rings. The van der Waals surface area contributed by atoms with Gasteiger partial charge in [0.05, 0.1) is 29.9 Å². The van der Waals surface area contributed by atoms with Gasteiger partial charge in [-0.05, 0) is 119 Å². The van der Waals surface area contributed by atoms with E-state index in [1.807, 2.05) is 4.90 Å². The molecule has 7 rings (SSSR count). The Bertz CT molecular complexity index is 1520. The van der Waals surface area contributed by atoms with Crippen LogP contribution in [0.4, 0.5) is 23.2 Å². The molecule has 1 aromatic carbocycles. The minimum Gasteiger partial charge on any atom is -0.490 e. The summed E-state index contributed by atoms with van der Waals surface area (Å²) < 4.78 is 69.1. The van der Waals surface area contributed by atoms with Crippen LogP contribution in [-0.4, -0.2) is 63.7 Å². The molecule has 2 saturated heterocycles. The summed E-state index contributed by atoms with van der Waals surface area (Å²) in [6.07, 6.45) is 11.6. The van der Waals surface area contributed by atoms with E-state index in [4.69, 9.17) is 4.74 Å². The van der Waals surface area contributed by atoms with Crippen molar-refractivity contribution in [3.63, 3.8) is 0 Å². The number of halogens is 4. The molecule has 246 valence electrons. The fourth-order valence-electron chi connectivity index (χ4n) is 7.69. The number of benzene rings is 1. The van der Waals surface area contributed by atoms with Crippen LogP contribution in [0.15, 0.2) is 42.9 Å². The fraction of sp³-hybridized carbons (Fsp3) is 0.571. The minimum atomic E-state index is -4.69. The summed E-state index contributed by atoms with van der Waals surface area (Å²) in [5.41, 5.74) is -0.0242. The van der Waals surface area contributed by atoms with E-state index in [1.165, 1.54) is 48.1 Å². The van der Waals surface area contributed by atoms with E-state index in [-0.39, 0.29) is 34.2 Å². The van der Waals surface area contributed by atoms with Gasteiger partial charge < -0.3 is 14.5 Å². The maximum atomic E-state index is 15.9. The van der Waals surface area contributed by atoms with Crippen molar-refractivity contribution < 1.29 is 22.3 Å². The molecule has 2 aliphatic heterocycles. The first-order chi connectivity index (χ1) is 22.3. The molecule has 1 spiro atoms. The summed E-state index contributed by atoms with van der Waals surface area (Å²) in [5.74, 6) is -0.0494. The molecule has 0 atom stereocenters. The molecule has 0 bridgehead atoms. The zero-order chi connectivity index (χ0) is 31.7. The molecule has 7 nitrogen and oxygen atoms in total. The van der Waals surface area contributed by atoms with Crippen LogP contribution in [0.3, 0.4) is 0 Å². The Hall–Kier alpha value is -3.47. The van der Waals surface area contributed by atoms with E-state index in [9.17, 15) is 0 Å². The first-order valence-electron chi connectivity index (χ1n) is 16.8. The smallest absolute Gasteiger partial charge is 0.421 e. The van der Waals surface area contributed by atoms with Crippen molar-refractivity contribution in [3.05, 3.63) is 59.7 Å². The number of ether oxygens (including phenoxy) is 1. The van der Waals surface area contributed by atoms with E-state index in [0.717, 1.165) is 83.3 Å². The molecule has 2 saturated carbocycles. The van der Waals surface area contributed by atoms with Crippen molar-refractivity contribution in [3.8, 4) is 11.4 Å². The fourth-order valence-corrected chi connectivity index (χ4v) is 7.69. The monoisotopic (exact) mass is 638 g/mol. The van der Waals surface area contributed by atoms with Crippen molar-refractivity contribution >= 4 is 17.6 Å². The molecule has 46 heavy (non-hydrogen) atoms. The van der Waals surface area contributed by atoms with E-state index in [1.54, 1.807) is 18.3 Å². The van der Waals surface area contributed by atoms with Crippen LogP contribution in [0.5, 0.6) is 5.75 Å². The SMILES string of the molecule is F/C(=C\c1ccc(OC2CCCCC2)c(C(F)(F)F)c1N1CCCC2(CCN(CC3CC3)CC2)C1)c1ccn(-c2ccnnc2)n1. The van der Waals surface area contributed by atoms with E-state index < -0.39 is 17.6 Å². The summed E-state index contributed by atoms with van der Waals surface area (Å²) in [5, 5.41) is 11.9. The Kier molecular flexibility index (Phi) is 8.78. The van der Waals surface area contributed by atoms with Gasteiger partial charge in [-0.1, -0.05) is 6.42 Å². The predicted octanol–water partition coefficient (Wildman–Crippen LogP) is 7.95. The highest BCUT2D eigenvalue weighted by Gasteiger charge is 2.44. The second kappa shape index (κ2) is 13.0. The van der Waals surface area contributed by atoms with Crippen molar-refractivity contribution in [2.24, 2.45) is 11.3 Å². The van der Waals surface area contributed by atoms with Crippen molar-refractivity contribution in [1.29, 1.82) is 0 Å². The van der Waals surface area contributed by atoms with Crippen LogP contribution in [-0.2, 0) is 6.18 Å². The Morgan fingerprint density at radius 3 is 2.46 bits per heavy atom. The van der Waals surface area contributed by atoms with Gasteiger partial charge >= 0.3 is 6.18 Å². The lowest BCUT2D eigenvalue weighted by molar-refractivity contribution is -0.139. The number of nitrogens with zero attached hydrogens (tertiary/aromatic N) is 6. The first kappa shape index (κ1) is 31.1. The van der Waals surface area contributed by atoms with E-state index in [0.29, 0.717) is 18.8 Å². The third-order valence-corrected chi connectivity index (χ3v) is 10.4. The van der Waals surface area contributed by atoms with E-state index in [2.05, 4.69) is 20.2 Å². The van der Waals surface area contributed by atoms with Crippen LogP contribution in [0.2, 0.25) is 0 Å². The molecule has 0 radical (unpaired) electrons. The molecule has 0 N–H and O–H groups in total. The molecule has 11 heteroatoms.